The maximum absolute atomic E-state index is 14.4. The van der Waals surface area contributed by atoms with Crippen molar-refractivity contribution >= 4 is 10.8 Å². The van der Waals surface area contributed by atoms with Crippen molar-refractivity contribution in [3.8, 4) is 11.8 Å². The highest BCUT2D eigenvalue weighted by atomic mass is 19.2. The molecule has 0 aromatic heterocycles. The first-order valence-corrected chi connectivity index (χ1v) is 9.98. The fraction of sp³-hybridized carbons (Fsp3) is 0.280. The molecule has 0 unspecified atom stereocenters. The van der Waals surface area contributed by atoms with Crippen molar-refractivity contribution in [2.75, 3.05) is 0 Å². The summed E-state index contributed by atoms with van der Waals surface area (Å²) in [5.41, 5.74) is -0.253. The van der Waals surface area contributed by atoms with Crippen LogP contribution < -0.4 is 0 Å². The lowest BCUT2D eigenvalue weighted by molar-refractivity contribution is 0.473. The van der Waals surface area contributed by atoms with Crippen LogP contribution >= 0.6 is 0 Å². The van der Waals surface area contributed by atoms with Gasteiger partial charge in [-0.1, -0.05) is 56.6 Å². The van der Waals surface area contributed by atoms with Gasteiger partial charge in [0, 0.05) is 16.5 Å². The van der Waals surface area contributed by atoms with Crippen LogP contribution in [0, 0.1) is 40.9 Å². The first kappa shape index (κ1) is 21.8. The van der Waals surface area contributed by atoms with Crippen molar-refractivity contribution in [1.29, 1.82) is 0 Å². The summed E-state index contributed by atoms with van der Waals surface area (Å²) in [7, 11) is 0. The van der Waals surface area contributed by atoms with Gasteiger partial charge in [-0.2, -0.15) is 0 Å². The maximum atomic E-state index is 14.4. The molecule has 156 valence electrons. The highest BCUT2D eigenvalue weighted by Gasteiger charge is 2.17. The Bertz CT molecular complexity index is 1120. The topological polar surface area (TPSA) is 0 Å². The molecule has 0 saturated carbocycles. The summed E-state index contributed by atoms with van der Waals surface area (Å²) >= 11 is 0. The second-order valence-electron chi connectivity index (χ2n) is 7.22. The molecular formula is C25H21F5. The first-order chi connectivity index (χ1) is 14.4. The van der Waals surface area contributed by atoms with Crippen molar-refractivity contribution in [1.82, 2.24) is 0 Å². The fourth-order valence-corrected chi connectivity index (χ4v) is 3.34. The van der Waals surface area contributed by atoms with Crippen LogP contribution in [0.2, 0.25) is 0 Å². The van der Waals surface area contributed by atoms with E-state index < -0.39 is 29.1 Å². The molecule has 0 saturated heterocycles. The molecule has 0 aliphatic heterocycles. The fourth-order valence-electron chi connectivity index (χ4n) is 3.34. The number of unbranched alkanes of at least 4 members (excludes halogenated alkanes) is 4. The van der Waals surface area contributed by atoms with Gasteiger partial charge in [-0.15, -0.1) is 0 Å². The normalized spacial score (nSPS) is 10.9. The van der Waals surface area contributed by atoms with E-state index in [9.17, 15) is 22.0 Å². The highest BCUT2D eigenvalue weighted by Crippen LogP contribution is 2.23. The van der Waals surface area contributed by atoms with Gasteiger partial charge in [0.15, 0.2) is 23.3 Å². The van der Waals surface area contributed by atoms with Crippen LogP contribution in [0.15, 0.2) is 36.4 Å². The van der Waals surface area contributed by atoms with Crippen molar-refractivity contribution < 1.29 is 22.0 Å². The van der Waals surface area contributed by atoms with Crippen molar-refractivity contribution in [3.05, 3.63) is 82.2 Å². The van der Waals surface area contributed by atoms with Crippen LogP contribution in [0.4, 0.5) is 22.0 Å². The number of fused-ring (bicyclic) bond motifs is 1. The molecular weight excluding hydrogens is 395 g/mol. The average Bonchev–Trinajstić information content (AvgIpc) is 2.74. The molecule has 0 aliphatic rings. The Kier molecular flexibility index (Phi) is 7.10. The van der Waals surface area contributed by atoms with E-state index in [0.717, 1.165) is 37.8 Å². The summed E-state index contributed by atoms with van der Waals surface area (Å²) in [5, 5.41) is 0.504. The highest BCUT2D eigenvalue weighted by molar-refractivity contribution is 5.84. The predicted octanol–water partition coefficient (Wildman–Crippen LogP) is 7.45. The van der Waals surface area contributed by atoms with Gasteiger partial charge in [-0.3, -0.25) is 0 Å². The minimum absolute atomic E-state index is 0.0899. The lowest BCUT2D eigenvalue weighted by Crippen LogP contribution is -2.02. The standard InChI is InChI=1S/C25H21F5/c1-2-3-4-5-6-7-20-22(27)15-18(23(28)25(20)30)10-8-16-9-12-19-17(14-16)11-13-21(26)24(19)29/h9,11-15H,2-7H2,1H3. The van der Waals surface area contributed by atoms with Crippen LogP contribution in [0.25, 0.3) is 10.8 Å². The van der Waals surface area contributed by atoms with Gasteiger partial charge in [0.1, 0.15) is 5.82 Å². The summed E-state index contributed by atoms with van der Waals surface area (Å²) in [4.78, 5) is 0. The van der Waals surface area contributed by atoms with Gasteiger partial charge in [0.05, 0.1) is 5.56 Å². The molecule has 5 heteroatoms. The molecule has 0 heterocycles. The Morgan fingerprint density at radius 3 is 2.23 bits per heavy atom. The summed E-state index contributed by atoms with van der Waals surface area (Å²) in [5.74, 6) is -0.0524. The molecule has 0 bridgehead atoms. The lowest BCUT2D eigenvalue weighted by Gasteiger charge is -2.07. The number of hydrogen-bond donors (Lipinski definition) is 0. The minimum Gasteiger partial charge on any atom is -0.207 e. The largest absolute Gasteiger partial charge is 0.207 e. The number of hydrogen-bond acceptors (Lipinski definition) is 0. The van der Waals surface area contributed by atoms with E-state index in [-0.39, 0.29) is 22.9 Å². The zero-order valence-corrected chi connectivity index (χ0v) is 16.6. The Labute approximate surface area is 172 Å². The van der Waals surface area contributed by atoms with E-state index >= 15 is 0 Å². The number of benzene rings is 3. The molecule has 30 heavy (non-hydrogen) atoms. The monoisotopic (exact) mass is 416 g/mol. The first-order valence-electron chi connectivity index (χ1n) is 9.98. The molecule has 3 aromatic rings. The second-order valence-corrected chi connectivity index (χ2v) is 7.22. The maximum Gasteiger partial charge on any atom is 0.174 e. The lowest BCUT2D eigenvalue weighted by atomic mass is 10.0. The smallest absolute Gasteiger partial charge is 0.174 e. The molecule has 3 rings (SSSR count). The third-order valence-corrected chi connectivity index (χ3v) is 5.03. The molecule has 0 N–H and O–H groups in total. The molecule has 0 amide bonds. The summed E-state index contributed by atoms with van der Waals surface area (Å²) in [6.45, 7) is 2.07. The Hall–Kier alpha value is -2.87. The van der Waals surface area contributed by atoms with E-state index in [0.29, 0.717) is 17.4 Å². The molecule has 0 radical (unpaired) electrons. The van der Waals surface area contributed by atoms with Gasteiger partial charge >= 0.3 is 0 Å². The molecule has 0 aliphatic carbocycles. The Balaban J connectivity index is 1.83. The summed E-state index contributed by atoms with van der Waals surface area (Å²) in [6, 6.07) is 7.60. The van der Waals surface area contributed by atoms with E-state index in [2.05, 4.69) is 18.8 Å². The molecule has 0 spiro atoms. The van der Waals surface area contributed by atoms with Crippen molar-refractivity contribution in [2.24, 2.45) is 0 Å². The quantitative estimate of drug-likeness (QED) is 0.169. The molecule has 0 atom stereocenters. The second kappa shape index (κ2) is 9.75. The van der Waals surface area contributed by atoms with Crippen molar-refractivity contribution in [3.63, 3.8) is 0 Å². The minimum atomic E-state index is -1.20. The molecule has 0 nitrogen and oxygen atoms in total. The van der Waals surface area contributed by atoms with Crippen molar-refractivity contribution in [2.45, 2.75) is 45.4 Å². The van der Waals surface area contributed by atoms with E-state index in [1.165, 1.54) is 24.3 Å². The van der Waals surface area contributed by atoms with Gasteiger partial charge in [0.25, 0.3) is 0 Å². The average molecular weight is 416 g/mol. The van der Waals surface area contributed by atoms with E-state index in [1.54, 1.807) is 0 Å². The van der Waals surface area contributed by atoms with Crippen LogP contribution in [0.1, 0.15) is 55.7 Å². The zero-order chi connectivity index (χ0) is 21.7. The number of halogens is 5. The van der Waals surface area contributed by atoms with E-state index in [4.69, 9.17) is 0 Å². The van der Waals surface area contributed by atoms with Crippen LogP contribution in [0.3, 0.4) is 0 Å². The third-order valence-electron chi connectivity index (χ3n) is 5.03. The van der Waals surface area contributed by atoms with Gasteiger partial charge < -0.3 is 0 Å². The third kappa shape index (κ3) is 4.81. The molecule has 3 aromatic carbocycles. The predicted molar refractivity (Wildman–Crippen MR) is 109 cm³/mol. The van der Waals surface area contributed by atoms with Gasteiger partial charge in [0.2, 0.25) is 0 Å². The summed E-state index contributed by atoms with van der Waals surface area (Å²) in [6.07, 6.45) is 4.67. The SMILES string of the molecule is CCCCCCCc1c(F)cc(C#Cc2ccc3c(F)c(F)ccc3c2)c(F)c1F. The Morgan fingerprint density at radius 1 is 0.700 bits per heavy atom. The van der Waals surface area contributed by atoms with Crippen LogP contribution in [0.5, 0.6) is 0 Å². The van der Waals surface area contributed by atoms with Gasteiger partial charge in [-0.25, -0.2) is 22.0 Å². The number of rotatable bonds is 6. The van der Waals surface area contributed by atoms with Crippen LogP contribution in [-0.4, -0.2) is 0 Å². The van der Waals surface area contributed by atoms with Gasteiger partial charge in [-0.05, 0) is 42.5 Å². The van der Waals surface area contributed by atoms with Crippen LogP contribution in [-0.2, 0) is 6.42 Å². The summed E-state index contributed by atoms with van der Waals surface area (Å²) < 4.78 is 70.1. The Morgan fingerprint density at radius 2 is 1.47 bits per heavy atom. The molecule has 0 fully saturated rings. The van der Waals surface area contributed by atoms with E-state index in [1.807, 2.05) is 0 Å². The zero-order valence-electron chi connectivity index (χ0n) is 16.6.